The maximum Gasteiger partial charge on any atom is 0.308 e. The minimum Gasteiger partial charge on any atom is -0.481 e. The third-order valence-corrected chi connectivity index (χ3v) is 5.37. The van der Waals surface area contributed by atoms with Gasteiger partial charge in [0.05, 0.1) is 10.9 Å². The summed E-state index contributed by atoms with van der Waals surface area (Å²) in [5.74, 6) is -1.60. The van der Waals surface area contributed by atoms with Gasteiger partial charge in [0.25, 0.3) is 5.91 Å². The van der Waals surface area contributed by atoms with Crippen molar-refractivity contribution in [2.45, 2.75) is 19.4 Å². The second-order valence-corrected chi connectivity index (χ2v) is 6.76. The van der Waals surface area contributed by atoms with Crippen molar-refractivity contribution in [1.29, 1.82) is 0 Å². The molecule has 1 aromatic carbocycles. The summed E-state index contributed by atoms with van der Waals surface area (Å²) >= 11 is 7.51. The summed E-state index contributed by atoms with van der Waals surface area (Å²) in [5.41, 5.74) is 1.12. The molecular formula is C16H15ClN2O3S. The molecule has 23 heavy (non-hydrogen) atoms. The number of halogens is 1. The van der Waals surface area contributed by atoms with E-state index >= 15 is 0 Å². The van der Waals surface area contributed by atoms with Gasteiger partial charge in [0.1, 0.15) is 10.7 Å². The Hall–Kier alpha value is -1.92. The van der Waals surface area contributed by atoms with Crippen molar-refractivity contribution in [3.05, 3.63) is 40.4 Å². The zero-order valence-electron chi connectivity index (χ0n) is 12.4. The van der Waals surface area contributed by atoms with Gasteiger partial charge in [0.2, 0.25) is 0 Å². The Morgan fingerprint density at radius 2 is 2.13 bits per heavy atom. The highest BCUT2D eigenvalue weighted by Crippen LogP contribution is 2.31. The molecule has 1 aliphatic heterocycles. The number of benzene rings is 1. The number of carboxylic acid groups (broad SMARTS) is 1. The number of carboxylic acids is 1. The molecule has 2 aromatic rings. The van der Waals surface area contributed by atoms with Gasteiger partial charge in [-0.25, -0.2) is 4.98 Å². The molecule has 1 saturated heterocycles. The van der Waals surface area contributed by atoms with E-state index in [2.05, 4.69) is 4.98 Å². The standard InChI is InChI=1S/C16H15ClN2O3S/c1-9-10(16(21)22)6-7-19(9)15(20)13-8-23-14(18-13)11-4-2-3-5-12(11)17/h2-5,8-10H,6-7H2,1H3,(H,21,22). The molecule has 1 N–H and O–H groups in total. The van der Waals surface area contributed by atoms with Crippen LogP contribution >= 0.6 is 22.9 Å². The monoisotopic (exact) mass is 350 g/mol. The Labute approximate surface area is 142 Å². The fraction of sp³-hybridized carbons (Fsp3) is 0.312. The average Bonchev–Trinajstić information content (AvgIpc) is 3.14. The van der Waals surface area contributed by atoms with E-state index in [0.717, 1.165) is 5.56 Å². The van der Waals surface area contributed by atoms with Gasteiger partial charge < -0.3 is 10.0 Å². The van der Waals surface area contributed by atoms with E-state index in [0.29, 0.717) is 28.7 Å². The number of carbonyl (C=O) groups is 2. The van der Waals surface area contributed by atoms with Crippen LogP contribution in [0.25, 0.3) is 10.6 Å². The number of aliphatic carboxylic acids is 1. The first kappa shape index (κ1) is 16.0. The summed E-state index contributed by atoms with van der Waals surface area (Å²) in [4.78, 5) is 29.7. The average molecular weight is 351 g/mol. The second-order valence-electron chi connectivity index (χ2n) is 5.49. The predicted octanol–water partition coefficient (Wildman–Crippen LogP) is 3.40. The molecule has 0 spiro atoms. The van der Waals surface area contributed by atoms with Crippen molar-refractivity contribution in [2.75, 3.05) is 6.54 Å². The van der Waals surface area contributed by atoms with Gasteiger partial charge in [-0.3, -0.25) is 9.59 Å². The van der Waals surface area contributed by atoms with Crippen LogP contribution in [0.3, 0.4) is 0 Å². The van der Waals surface area contributed by atoms with Gasteiger partial charge in [-0.15, -0.1) is 11.3 Å². The van der Waals surface area contributed by atoms with Gasteiger partial charge in [-0.05, 0) is 19.4 Å². The fourth-order valence-electron chi connectivity index (χ4n) is 2.83. The maximum absolute atomic E-state index is 12.6. The van der Waals surface area contributed by atoms with Crippen LogP contribution in [0.4, 0.5) is 0 Å². The summed E-state index contributed by atoms with van der Waals surface area (Å²) in [6, 6.07) is 7.01. The van der Waals surface area contributed by atoms with Crippen molar-refractivity contribution in [2.24, 2.45) is 5.92 Å². The summed E-state index contributed by atoms with van der Waals surface area (Å²) in [5, 5.41) is 12.1. The third kappa shape index (κ3) is 2.96. The van der Waals surface area contributed by atoms with Gasteiger partial charge in [-0.2, -0.15) is 0 Å². The Morgan fingerprint density at radius 3 is 2.78 bits per heavy atom. The number of likely N-dealkylation sites (tertiary alicyclic amines) is 1. The lowest BCUT2D eigenvalue weighted by Gasteiger charge is -2.22. The van der Waals surface area contributed by atoms with Crippen LogP contribution in [0, 0.1) is 5.92 Å². The van der Waals surface area contributed by atoms with Crippen LogP contribution in [0.5, 0.6) is 0 Å². The number of thiazole rings is 1. The molecule has 0 saturated carbocycles. The molecule has 120 valence electrons. The summed E-state index contributed by atoms with van der Waals surface area (Å²) in [6.45, 7) is 2.21. The highest BCUT2D eigenvalue weighted by molar-refractivity contribution is 7.13. The van der Waals surface area contributed by atoms with Crippen LogP contribution in [-0.4, -0.2) is 39.5 Å². The molecule has 0 bridgehead atoms. The highest BCUT2D eigenvalue weighted by Gasteiger charge is 2.38. The van der Waals surface area contributed by atoms with Crippen molar-refractivity contribution >= 4 is 34.8 Å². The van der Waals surface area contributed by atoms with E-state index in [4.69, 9.17) is 11.6 Å². The zero-order valence-corrected chi connectivity index (χ0v) is 14.0. The van der Waals surface area contributed by atoms with Crippen molar-refractivity contribution in [3.63, 3.8) is 0 Å². The van der Waals surface area contributed by atoms with E-state index in [1.54, 1.807) is 23.3 Å². The molecule has 2 heterocycles. The first-order valence-electron chi connectivity index (χ1n) is 7.23. The van der Waals surface area contributed by atoms with E-state index in [1.165, 1.54) is 11.3 Å². The number of aromatic nitrogens is 1. The molecule has 1 aliphatic rings. The first-order valence-corrected chi connectivity index (χ1v) is 8.49. The van der Waals surface area contributed by atoms with E-state index in [-0.39, 0.29) is 11.9 Å². The minimum atomic E-state index is -0.858. The van der Waals surface area contributed by atoms with Crippen LogP contribution < -0.4 is 0 Å². The Bertz CT molecular complexity index is 761. The van der Waals surface area contributed by atoms with Crippen molar-refractivity contribution < 1.29 is 14.7 Å². The van der Waals surface area contributed by atoms with Crippen molar-refractivity contribution in [3.8, 4) is 10.6 Å². The smallest absolute Gasteiger partial charge is 0.308 e. The quantitative estimate of drug-likeness (QED) is 0.921. The molecule has 1 aromatic heterocycles. The molecule has 1 amide bonds. The van der Waals surface area contributed by atoms with E-state index in [1.807, 2.05) is 18.2 Å². The number of nitrogens with zero attached hydrogens (tertiary/aromatic N) is 2. The lowest BCUT2D eigenvalue weighted by Crippen LogP contribution is -2.37. The van der Waals surface area contributed by atoms with Crippen LogP contribution in [-0.2, 0) is 4.79 Å². The SMILES string of the molecule is CC1C(C(=O)O)CCN1C(=O)c1csc(-c2ccccc2Cl)n1. The summed E-state index contributed by atoms with van der Waals surface area (Å²) in [7, 11) is 0. The molecule has 3 rings (SSSR count). The Kier molecular flexibility index (Phi) is 4.37. The van der Waals surface area contributed by atoms with Gasteiger partial charge in [0, 0.05) is 23.5 Å². The normalized spacial score (nSPS) is 20.7. The molecule has 5 nitrogen and oxygen atoms in total. The number of carbonyl (C=O) groups excluding carboxylic acids is 1. The topological polar surface area (TPSA) is 70.5 Å². The molecular weight excluding hydrogens is 336 g/mol. The highest BCUT2D eigenvalue weighted by atomic mass is 35.5. The first-order chi connectivity index (χ1) is 11.0. The van der Waals surface area contributed by atoms with Gasteiger partial charge in [0.15, 0.2) is 0 Å². The molecule has 2 atom stereocenters. The molecule has 0 radical (unpaired) electrons. The summed E-state index contributed by atoms with van der Waals surface area (Å²) in [6.07, 6.45) is 0.476. The molecule has 7 heteroatoms. The molecule has 2 unspecified atom stereocenters. The lowest BCUT2D eigenvalue weighted by atomic mass is 10.0. The fourth-order valence-corrected chi connectivity index (χ4v) is 3.95. The number of hydrogen-bond acceptors (Lipinski definition) is 4. The van der Waals surface area contributed by atoms with Crippen LogP contribution in [0.15, 0.2) is 29.6 Å². The minimum absolute atomic E-state index is 0.226. The predicted molar refractivity (Wildman–Crippen MR) is 88.8 cm³/mol. The van der Waals surface area contributed by atoms with Crippen molar-refractivity contribution in [1.82, 2.24) is 9.88 Å². The molecule has 1 fully saturated rings. The summed E-state index contributed by atoms with van der Waals surface area (Å²) < 4.78 is 0. The number of hydrogen-bond donors (Lipinski definition) is 1. The van der Waals surface area contributed by atoms with Gasteiger partial charge >= 0.3 is 5.97 Å². The second kappa shape index (κ2) is 6.29. The largest absolute Gasteiger partial charge is 0.481 e. The van der Waals surface area contributed by atoms with Crippen LogP contribution in [0.1, 0.15) is 23.8 Å². The lowest BCUT2D eigenvalue weighted by molar-refractivity contribution is -0.142. The Morgan fingerprint density at radius 1 is 1.39 bits per heavy atom. The maximum atomic E-state index is 12.6. The third-order valence-electron chi connectivity index (χ3n) is 4.16. The number of rotatable bonds is 3. The van der Waals surface area contributed by atoms with E-state index < -0.39 is 11.9 Å². The zero-order chi connectivity index (χ0) is 16.6. The number of amides is 1. The van der Waals surface area contributed by atoms with Crippen LogP contribution in [0.2, 0.25) is 5.02 Å². The Balaban J connectivity index is 1.82. The molecule has 0 aliphatic carbocycles. The van der Waals surface area contributed by atoms with E-state index in [9.17, 15) is 14.7 Å². The van der Waals surface area contributed by atoms with Gasteiger partial charge in [-0.1, -0.05) is 29.8 Å².